The normalized spacial score (nSPS) is 12.0. The maximum atomic E-state index is 5.69. The van der Waals surface area contributed by atoms with Crippen molar-refractivity contribution in [3.63, 3.8) is 0 Å². The molecule has 0 saturated heterocycles. The van der Waals surface area contributed by atoms with Crippen molar-refractivity contribution in [1.29, 1.82) is 0 Å². The third kappa shape index (κ3) is 4.91. The summed E-state index contributed by atoms with van der Waals surface area (Å²) in [6.07, 6.45) is 5.72. The quantitative estimate of drug-likeness (QED) is 0.387. The van der Waals surface area contributed by atoms with Gasteiger partial charge in [0.2, 0.25) is 0 Å². The molecule has 0 radical (unpaired) electrons. The molecule has 86 valence electrons. The van der Waals surface area contributed by atoms with Gasteiger partial charge in [0.25, 0.3) is 0 Å². The molecule has 0 aromatic heterocycles. The van der Waals surface area contributed by atoms with E-state index in [2.05, 4.69) is 0 Å². The van der Waals surface area contributed by atoms with Crippen LogP contribution in [0.1, 0.15) is 32.1 Å². The lowest BCUT2D eigenvalue weighted by atomic mass is 9.82. The molecule has 0 aromatic carbocycles. The van der Waals surface area contributed by atoms with Crippen LogP contribution in [-0.2, 0) is 0 Å². The fourth-order valence-electron chi connectivity index (χ4n) is 1.55. The van der Waals surface area contributed by atoms with Crippen LogP contribution in [0, 0.1) is 5.41 Å². The van der Waals surface area contributed by atoms with Gasteiger partial charge in [-0.2, -0.15) is 0 Å². The molecule has 0 unspecified atom stereocenters. The molecule has 0 spiro atoms. The summed E-state index contributed by atoms with van der Waals surface area (Å²) in [5, 5.41) is 0. The molecule has 0 aliphatic carbocycles. The molecule has 0 heterocycles. The molecule has 0 rings (SSSR count). The highest BCUT2D eigenvalue weighted by Gasteiger charge is 2.24. The molecule has 0 saturated carbocycles. The van der Waals surface area contributed by atoms with Crippen LogP contribution in [0.25, 0.3) is 0 Å². The Kier molecular flexibility index (Phi) is 8.08. The predicted octanol–water partition coefficient (Wildman–Crippen LogP) is -0.242. The Morgan fingerprint density at radius 2 is 1.14 bits per heavy atom. The lowest BCUT2D eigenvalue weighted by molar-refractivity contribution is 0.283. The number of hydrogen-bond acceptors (Lipinski definition) is 4. The molecule has 4 nitrogen and oxygen atoms in total. The van der Waals surface area contributed by atoms with E-state index in [1.54, 1.807) is 0 Å². The number of nitrogens with two attached hydrogens (primary N) is 4. The Morgan fingerprint density at radius 1 is 0.643 bits per heavy atom. The monoisotopic (exact) mass is 202 g/mol. The van der Waals surface area contributed by atoms with E-state index in [9.17, 15) is 0 Å². The Morgan fingerprint density at radius 3 is 1.57 bits per heavy atom. The molecule has 0 aromatic rings. The smallest absolute Gasteiger partial charge is 0.00705 e. The Bertz CT molecular complexity index is 115. The molecule has 0 aliphatic rings. The van der Waals surface area contributed by atoms with Crippen LogP contribution in [0.2, 0.25) is 0 Å². The Balaban J connectivity index is 3.61. The summed E-state index contributed by atoms with van der Waals surface area (Å²) in [6.45, 7) is 2.57. The summed E-state index contributed by atoms with van der Waals surface area (Å²) in [5.41, 5.74) is 22.5. The molecule has 8 N–H and O–H groups in total. The molecule has 0 amide bonds. The topological polar surface area (TPSA) is 104 Å². The van der Waals surface area contributed by atoms with E-state index in [1.807, 2.05) is 0 Å². The highest BCUT2D eigenvalue weighted by Crippen LogP contribution is 2.21. The van der Waals surface area contributed by atoms with Crippen LogP contribution in [0.3, 0.4) is 0 Å². The second-order valence-corrected chi connectivity index (χ2v) is 4.07. The van der Waals surface area contributed by atoms with Crippen molar-refractivity contribution in [1.82, 2.24) is 0 Å². The summed E-state index contributed by atoms with van der Waals surface area (Å²) in [7, 11) is 0. The number of hydrogen-bond donors (Lipinski definition) is 4. The first kappa shape index (κ1) is 13.8. The van der Waals surface area contributed by atoms with Crippen molar-refractivity contribution >= 4 is 0 Å². The van der Waals surface area contributed by atoms with E-state index in [0.717, 1.165) is 25.8 Å². The molecule has 0 aliphatic heterocycles. The van der Waals surface area contributed by atoms with Crippen LogP contribution in [0.4, 0.5) is 0 Å². The summed E-state index contributed by atoms with van der Waals surface area (Å²) >= 11 is 0. The van der Waals surface area contributed by atoms with E-state index < -0.39 is 0 Å². The molecular formula is C10H26N4. The van der Waals surface area contributed by atoms with E-state index in [1.165, 1.54) is 12.8 Å². The summed E-state index contributed by atoms with van der Waals surface area (Å²) < 4.78 is 0. The van der Waals surface area contributed by atoms with E-state index in [0.29, 0.717) is 19.6 Å². The van der Waals surface area contributed by atoms with E-state index >= 15 is 0 Å². The van der Waals surface area contributed by atoms with Crippen LogP contribution >= 0.6 is 0 Å². The average molecular weight is 202 g/mol. The first-order valence-electron chi connectivity index (χ1n) is 5.55. The molecule has 0 bridgehead atoms. The minimum atomic E-state index is -0.0251. The van der Waals surface area contributed by atoms with Gasteiger partial charge in [-0.3, -0.25) is 0 Å². The minimum Gasteiger partial charge on any atom is -0.330 e. The highest BCUT2D eigenvalue weighted by molar-refractivity contribution is 4.82. The van der Waals surface area contributed by atoms with Gasteiger partial charge in [0.05, 0.1) is 0 Å². The Labute approximate surface area is 87.4 Å². The largest absolute Gasteiger partial charge is 0.330 e. The van der Waals surface area contributed by atoms with Crippen molar-refractivity contribution in [3.8, 4) is 0 Å². The average Bonchev–Trinajstić information content (AvgIpc) is 2.24. The predicted molar refractivity (Wildman–Crippen MR) is 61.7 cm³/mol. The summed E-state index contributed by atoms with van der Waals surface area (Å²) in [5.74, 6) is 0. The van der Waals surface area contributed by atoms with Crippen molar-refractivity contribution < 1.29 is 0 Å². The zero-order valence-electron chi connectivity index (χ0n) is 9.17. The zero-order valence-corrected chi connectivity index (χ0v) is 9.17. The van der Waals surface area contributed by atoms with E-state index in [4.69, 9.17) is 22.9 Å². The second kappa shape index (κ2) is 8.17. The SMILES string of the molecule is NCCCCCCC(CN)(CN)CN. The van der Waals surface area contributed by atoms with E-state index in [-0.39, 0.29) is 5.41 Å². The van der Waals surface area contributed by atoms with Gasteiger partial charge in [-0.25, -0.2) is 0 Å². The molecule has 4 heteroatoms. The van der Waals surface area contributed by atoms with Gasteiger partial charge in [0, 0.05) is 25.0 Å². The van der Waals surface area contributed by atoms with Gasteiger partial charge in [-0.1, -0.05) is 19.3 Å². The molecular weight excluding hydrogens is 176 g/mol. The molecule has 14 heavy (non-hydrogen) atoms. The summed E-state index contributed by atoms with van der Waals surface area (Å²) in [4.78, 5) is 0. The van der Waals surface area contributed by atoms with Crippen LogP contribution in [0.5, 0.6) is 0 Å². The minimum absolute atomic E-state index is 0.0251. The fraction of sp³-hybridized carbons (Fsp3) is 1.00. The number of unbranched alkanes of at least 4 members (excludes halogenated alkanes) is 3. The van der Waals surface area contributed by atoms with Crippen molar-refractivity contribution in [2.45, 2.75) is 32.1 Å². The first-order valence-corrected chi connectivity index (χ1v) is 5.55. The van der Waals surface area contributed by atoms with Crippen molar-refractivity contribution in [2.75, 3.05) is 26.2 Å². The Hall–Kier alpha value is -0.160. The fourth-order valence-corrected chi connectivity index (χ4v) is 1.55. The maximum Gasteiger partial charge on any atom is 0.00705 e. The van der Waals surface area contributed by atoms with Gasteiger partial charge >= 0.3 is 0 Å². The standard InChI is InChI=1S/C10H26N4/c11-6-4-2-1-3-5-10(7-12,8-13)9-14/h1-9,11-14H2. The van der Waals surface area contributed by atoms with Gasteiger partial charge in [-0.15, -0.1) is 0 Å². The third-order valence-electron chi connectivity index (χ3n) is 2.96. The molecule has 0 fully saturated rings. The second-order valence-electron chi connectivity index (χ2n) is 4.07. The lowest BCUT2D eigenvalue weighted by Gasteiger charge is -2.29. The van der Waals surface area contributed by atoms with Gasteiger partial charge < -0.3 is 22.9 Å². The first-order chi connectivity index (χ1) is 6.74. The van der Waals surface area contributed by atoms with Crippen molar-refractivity contribution in [2.24, 2.45) is 28.3 Å². The highest BCUT2D eigenvalue weighted by atomic mass is 14.7. The number of rotatable bonds is 9. The van der Waals surface area contributed by atoms with Gasteiger partial charge in [0.1, 0.15) is 0 Å². The van der Waals surface area contributed by atoms with Gasteiger partial charge in [0.15, 0.2) is 0 Å². The summed E-state index contributed by atoms with van der Waals surface area (Å²) in [6, 6.07) is 0. The lowest BCUT2D eigenvalue weighted by Crippen LogP contribution is -2.44. The van der Waals surface area contributed by atoms with Crippen molar-refractivity contribution in [3.05, 3.63) is 0 Å². The van der Waals surface area contributed by atoms with Crippen LogP contribution in [-0.4, -0.2) is 26.2 Å². The van der Waals surface area contributed by atoms with Crippen LogP contribution < -0.4 is 22.9 Å². The van der Waals surface area contributed by atoms with Crippen LogP contribution in [0.15, 0.2) is 0 Å². The molecule has 0 atom stereocenters. The maximum absolute atomic E-state index is 5.69. The third-order valence-corrected chi connectivity index (χ3v) is 2.96. The van der Waals surface area contributed by atoms with Gasteiger partial charge in [-0.05, 0) is 19.4 Å². The zero-order chi connectivity index (χ0) is 10.9.